The standard InChI is InChI=1S/C10H21NO/c1-2-3-4-5-6-8-11-9-7-10-12/h2,11-12H,1,3-10H2. The van der Waals surface area contributed by atoms with Gasteiger partial charge in [-0.3, -0.25) is 0 Å². The van der Waals surface area contributed by atoms with Crippen molar-refractivity contribution < 1.29 is 5.11 Å². The smallest absolute Gasteiger partial charge is 0.0443 e. The van der Waals surface area contributed by atoms with Crippen molar-refractivity contribution in [1.82, 2.24) is 5.32 Å². The topological polar surface area (TPSA) is 32.3 Å². The molecule has 0 aromatic heterocycles. The number of aliphatic hydroxyl groups excluding tert-OH is 1. The summed E-state index contributed by atoms with van der Waals surface area (Å²) in [5, 5.41) is 11.8. The van der Waals surface area contributed by atoms with E-state index in [1.54, 1.807) is 0 Å². The van der Waals surface area contributed by atoms with Crippen LogP contribution in [0.1, 0.15) is 32.1 Å². The van der Waals surface area contributed by atoms with E-state index in [-0.39, 0.29) is 0 Å². The molecule has 0 aliphatic carbocycles. The lowest BCUT2D eigenvalue weighted by Gasteiger charge is -2.02. The minimum atomic E-state index is 0.295. The highest BCUT2D eigenvalue weighted by Gasteiger charge is 1.88. The van der Waals surface area contributed by atoms with E-state index in [1.165, 1.54) is 19.3 Å². The molecule has 0 spiro atoms. The van der Waals surface area contributed by atoms with Gasteiger partial charge in [0.2, 0.25) is 0 Å². The summed E-state index contributed by atoms with van der Waals surface area (Å²) in [5.74, 6) is 0. The van der Waals surface area contributed by atoms with Crippen LogP contribution < -0.4 is 5.32 Å². The maximum absolute atomic E-state index is 8.49. The minimum Gasteiger partial charge on any atom is -0.396 e. The lowest BCUT2D eigenvalue weighted by atomic mass is 10.2. The van der Waals surface area contributed by atoms with Gasteiger partial charge < -0.3 is 10.4 Å². The number of nitrogens with one attached hydrogen (secondary N) is 1. The Kier molecular flexibility index (Phi) is 10.4. The number of unbranched alkanes of at least 4 members (excludes halogenated alkanes) is 3. The van der Waals surface area contributed by atoms with Gasteiger partial charge in [-0.15, -0.1) is 6.58 Å². The fraction of sp³-hybridized carbons (Fsp3) is 0.800. The Hall–Kier alpha value is -0.340. The highest BCUT2D eigenvalue weighted by atomic mass is 16.3. The van der Waals surface area contributed by atoms with Crippen LogP contribution in [0.2, 0.25) is 0 Å². The summed E-state index contributed by atoms with van der Waals surface area (Å²) in [6.07, 6.45) is 7.74. The Bertz CT molecular complexity index is 93.8. The van der Waals surface area contributed by atoms with Gasteiger partial charge in [-0.1, -0.05) is 12.5 Å². The Labute approximate surface area is 75.7 Å². The lowest BCUT2D eigenvalue weighted by Crippen LogP contribution is -2.17. The summed E-state index contributed by atoms with van der Waals surface area (Å²) >= 11 is 0. The zero-order chi connectivity index (χ0) is 9.07. The first-order chi connectivity index (χ1) is 5.91. The maximum atomic E-state index is 8.49. The van der Waals surface area contributed by atoms with Crippen LogP contribution in [0.4, 0.5) is 0 Å². The molecule has 0 aliphatic heterocycles. The van der Waals surface area contributed by atoms with E-state index in [9.17, 15) is 0 Å². The van der Waals surface area contributed by atoms with Crippen LogP contribution in [-0.4, -0.2) is 24.8 Å². The third-order valence-corrected chi connectivity index (χ3v) is 1.77. The van der Waals surface area contributed by atoms with Gasteiger partial charge in [-0.2, -0.15) is 0 Å². The highest BCUT2D eigenvalue weighted by molar-refractivity contribution is 4.65. The Morgan fingerprint density at radius 3 is 2.50 bits per heavy atom. The third kappa shape index (κ3) is 9.66. The largest absolute Gasteiger partial charge is 0.396 e. The normalized spacial score (nSPS) is 10.1. The van der Waals surface area contributed by atoms with E-state index in [0.29, 0.717) is 6.61 Å². The molecule has 0 aromatic rings. The molecule has 0 unspecified atom stereocenters. The highest BCUT2D eigenvalue weighted by Crippen LogP contribution is 1.98. The van der Waals surface area contributed by atoms with Gasteiger partial charge in [-0.05, 0) is 38.8 Å². The number of hydrogen-bond donors (Lipinski definition) is 2. The van der Waals surface area contributed by atoms with E-state index < -0.39 is 0 Å². The summed E-state index contributed by atoms with van der Waals surface area (Å²) < 4.78 is 0. The van der Waals surface area contributed by atoms with Crippen LogP contribution in [-0.2, 0) is 0 Å². The Balaban J connectivity index is 2.77. The summed E-state index contributed by atoms with van der Waals surface area (Å²) in [6.45, 7) is 5.99. The van der Waals surface area contributed by atoms with Crippen molar-refractivity contribution in [3.63, 3.8) is 0 Å². The van der Waals surface area contributed by atoms with Gasteiger partial charge in [0.05, 0.1) is 0 Å². The summed E-state index contributed by atoms with van der Waals surface area (Å²) in [5.41, 5.74) is 0. The average Bonchev–Trinajstić information content (AvgIpc) is 2.10. The second-order valence-electron chi connectivity index (χ2n) is 2.97. The van der Waals surface area contributed by atoms with E-state index in [2.05, 4.69) is 11.9 Å². The first-order valence-electron chi connectivity index (χ1n) is 4.84. The molecule has 0 atom stereocenters. The molecule has 2 N–H and O–H groups in total. The van der Waals surface area contributed by atoms with Crippen LogP contribution in [0.5, 0.6) is 0 Å². The average molecular weight is 171 g/mol. The molecule has 72 valence electrons. The maximum Gasteiger partial charge on any atom is 0.0443 e. The van der Waals surface area contributed by atoms with Crippen molar-refractivity contribution in [2.24, 2.45) is 0 Å². The fourth-order valence-electron chi connectivity index (χ4n) is 1.04. The van der Waals surface area contributed by atoms with Gasteiger partial charge in [-0.25, -0.2) is 0 Å². The quantitative estimate of drug-likeness (QED) is 0.409. The predicted molar refractivity (Wildman–Crippen MR) is 53.2 cm³/mol. The molecule has 0 heterocycles. The molecule has 0 amide bonds. The summed E-state index contributed by atoms with van der Waals surface area (Å²) in [7, 11) is 0. The number of allylic oxidation sites excluding steroid dienone is 1. The zero-order valence-electron chi connectivity index (χ0n) is 7.89. The van der Waals surface area contributed by atoms with Crippen molar-refractivity contribution in [1.29, 1.82) is 0 Å². The van der Waals surface area contributed by atoms with Crippen LogP contribution in [0.15, 0.2) is 12.7 Å². The monoisotopic (exact) mass is 171 g/mol. The van der Waals surface area contributed by atoms with Crippen molar-refractivity contribution >= 4 is 0 Å². The van der Waals surface area contributed by atoms with Gasteiger partial charge >= 0.3 is 0 Å². The van der Waals surface area contributed by atoms with Crippen molar-refractivity contribution in [3.8, 4) is 0 Å². The molecular formula is C10H21NO. The molecule has 0 aromatic carbocycles. The van der Waals surface area contributed by atoms with Gasteiger partial charge in [0.15, 0.2) is 0 Å². The van der Waals surface area contributed by atoms with Crippen LogP contribution in [0, 0.1) is 0 Å². The second kappa shape index (κ2) is 10.7. The van der Waals surface area contributed by atoms with Crippen molar-refractivity contribution in [3.05, 3.63) is 12.7 Å². The predicted octanol–water partition coefficient (Wildman–Crippen LogP) is 1.70. The molecule has 0 aliphatic rings. The SMILES string of the molecule is C=CCCCCCNCCCO. The second-order valence-corrected chi connectivity index (χ2v) is 2.97. The molecular weight excluding hydrogens is 150 g/mol. The van der Waals surface area contributed by atoms with E-state index >= 15 is 0 Å². The first kappa shape index (κ1) is 11.7. The van der Waals surface area contributed by atoms with Crippen LogP contribution in [0.3, 0.4) is 0 Å². The van der Waals surface area contributed by atoms with E-state index in [4.69, 9.17) is 5.11 Å². The van der Waals surface area contributed by atoms with E-state index in [0.717, 1.165) is 25.9 Å². The lowest BCUT2D eigenvalue weighted by molar-refractivity contribution is 0.286. The van der Waals surface area contributed by atoms with Crippen LogP contribution in [0.25, 0.3) is 0 Å². The molecule has 0 radical (unpaired) electrons. The molecule has 2 heteroatoms. The molecule has 0 fully saturated rings. The third-order valence-electron chi connectivity index (χ3n) is 1.77. The molecule has 0 rings (SSSR count). The minimum absolute atomic E-state index is 0.295. The Morgan fingerprint density at radius 1 is 1.08 bits per heavy atom. The summed E-state index contributed by atoms with van der Waals surface area (Å²) in [4.78, 5) is 0. The fourth-order valence-corrected chi connectivity index (χ4v) is 1.04. The van der Waals surface area contributed by atoms with Gasteiger partial charge in [0, 0.05) is 6.61 Å². The molecule has 0 bridgehead atoms. The van der Waals surface area contributed by atoms with Gasteiger partial charge in [0.1, 0.15) is 0 Å². The molecule has 0 saturated carbocycles. The molecule has 2 nitrogen and oxygen atoms in total. The van der Waals surface area contributed by atoms with Crippen LogP contribution >= 0.6 is 0 Å². The number of aliphatic hydroxyl groups is 1. The number of rotatable bonds is 9. The molecule has 0 saturated heterocycles. The van der Waals surface area contributed by atoms with Crippen molar-refractivity contribution in [2.45, 2.75) is 32.1 Å². The van der Waals surface area contributed by atoms with Crippen molar-refractivity contribution in [2.75, 3.05) is 19.7 Å². The Morgan fingerprint density at radius 2 is 1.83 bits per heavy atom. The zero-order valence-corrected chi connectivity index (χ0v) is 7.89. The molecule has 12 heavy (non-hydrogen) atoms. The number of hydrogen-bond acceptors (Lipinski definition) is 2. The first-order valence-corrected chi connectivity index (χ1v) is 4.84. The van der Waals surface area contributed by atoms with Gasteiger partial charge in [0.25, 0.3) is 0 Å². The summed E-state index contributed by atoms with van der Waals surface area (Å²) in [6, 6.07) is 0. The van der Waals surface area contributed by atoms with E-state index in [1.807, 2.05) is 6.08 Å².